The highest BCUT2D eigenvalue weighted by molar-refractivity contribution is 6.06. The highest BCUT2D eigenvalue weighted by Gasteiger charge is 2.30. The average molecular weight is 352 g/mol. The third-order valence-corrected chi connectivity index (χ3v) is 3.67. The number of ether oxygens (including phenoxy) is 1. The van der Waals surface area contributed by atoms with Crippen LogP contribution in [0, 0.1) is 0 Å². The van der Waals surface area contributed by atoms with Gasteiger partial charge in [0.25, 0.3) is 5.91 Å². The molecule has 0 saturated heterocycles. The zero-order chi connectivity index (χ0) is 18.4. The monoisotopic (exact) mass is 352 g/mol. The Morgan fingerprint density at radius 1 is 1.08 bits per heavy atom. The van der Waals surface area contributed by atoms with Crippen molar-refractivity contribution in [3.8, 4) is 5.75 Å². The number of hydrogen-bond acceptors (Lipinski definition) is 3. The van der Waals surface area contributed by atoms with Crippen LogP contribution >= 0.6 is 0 Å². The first-order valence-corrected chi connectivity index (χ1v) is 7.64. The van der Waals surface area contributed by atoms with Crippen molar-refractivity contribution in [2.75, 3.05) is 32.1 Å². The van der Waals surface area contributed by atoms with Crippen LogP contribution in [0.15, 0.2) is 48.5 Å². The number of amides is 1. The number of alkyl halides is 3. The van der Waals surface area contributed by atoms with E-state index in [0.29, 0.717) is 24.5 Å². The van der Waals surface area contributed by atoms with Crippen molar-refractivity contribution in [3.63, 3.8) is 0 Å². The molecule has 0 aliphatic carbocycles. The maximum Gasteiger partial charge on any atom is 0.416 e. The number of nitrogens with one attached hydrogen (secondary N) is 1. The Hall–Kier alpha value is -2.54. The molecule has 0 spiro atoms. The van der Waals surface area contributed by atoms with Crippen LogP contribution in [0.4, 0.5) is 18.9 Å². The number of carbonyl (C=O) groups is 1. The Bertz CT molecular complexity index is 698. The fraction of sp³-hybridized carbons (Fsp3) is 0.278. The second kappa shape index (κ2) is 8.02. The Kier molecular flexibility index (Phi) is 6.03. The molecule has 7 heteroatoms. The molecule has 1 N–H and O–H groups in total. The predicted molar refractivity (Wildman–Crippen MR) is 90.0 cm³/mol. The zero-order valence-electron chi connectivity index (χ0n) is 13.9. The predicted octanol–water partition coefficient (Wildman–Crippen LogP) is 3.58. The second-order valence-corrected chi connectivity index (χ2v) is 5.33. The summed E-state index contributed by atoms with van der Waals surface area (Å²) < 4.78 is 43.1. The molecule has 4 nitrogen and oxygen atoms in total. The molecule has 0 atom stereocenters. The molecule has 134 valence electrons. The summed E-state index contributed by atoms with van der Waals surface area (Å²) in [7, 11) is 3.30. The van der Waals surface area contributed by atoms with Crippen molar-refractivity contribution in [3.05, 3.63) is 59.7 Å². The van der Waals surface area contributed by atoms with Gasteiger partial charge in [0.2, 0.25) is 0 Å². The van der Waals surface area contributed by atoms with Gasteiger partial charge in [-0.15, -0.1) is 0 Å². The summed E-state index contributed by atoms with van der Waals surface area (Å²) in [6.45, 7) is 0.918. The van der Waals surface area contributed by atoms with Gasteiger partial charge in [-0.05, 0) is 55.6 Å². The molecule has 0 radical (unpaired) electrons. The number of methoxy groups -OCH3 is 1. The van der Waals surface area contributed by atoms with Gasteiger partial charge in [0.15, 0.2) is 0 Å². The molecule has 0 aromatic heterocycles. The zero-order valence-corrected chi connectivity index (χ0v) is 13.9. The number of rotatable bonds is 6. The van der Waals surface area contributed by atoms with Crippen LogP contribution in [0.25, 0.3) is 0 Å². The molecule has 0 bridgehead atoms. The molecule has 2 aromatic carbocycles. The normalized spacial score (nSPS) is 11.2. The van der Waals surface area contributed by atoms with Gasteiger partial charge in [0.1, 0.15) is 5.75 Å². The van der Waals surface area contributed by atoms with Crippen LogP contribution in [0.3, 0.4) is 0 Å². The summed E-state index contributed by atoms with van der Waals surface area (Å²) in [4.78, 5) is 14.3. The van der Waals surface area contributed by atoms with Crippen molar-refractivity contribution in [2.45, 2.75) is 6.18 Å². The quantitative estimate of drug-likeness (QED) is 0.864. The molecule has 1 amide bonds. The SMILES string of the molecule is CNCCN(C(=O)c1ccc(C(F)(F)F)cc1)c1ccc(OC)cc1. The maximum absolute atomic E-state index is 12.8. The topological polar surface area (TPSA) is 41.6 Å². The van der Waals surface area contributed by atoms with Crippen molar-refractivity contribution in [2.24, 2.45) is 0 Å². The molecule has 0 unspecified atom stereocenters. The number of likely N-dealkylation sites (N-methyl/N-ethyl adjacent to an activating group) is 1. The second-order valence-electron chi connectivity index (χ2n) is 5.33. The molecule has 2 aromatic rings. The first kappa shape index (κ1) is 18.8. The number of benzene rings is 2. The summed E-state index contributed by atoms with van der Waals surface area (Å²) in [5.74, 6) is 0.286. The Morgan fingerprint density at radius 2 is 1.68 bits per heavy atom. The number of carbonyl (C=O) groups excluding carboxylic acids is 1. The van der Waals surface area contributed by atoms with Gasteiger partial charge in [0.05, 0.1) is 12.7 Å². The lowest BCUT2D eigenvalue weighted by molar-refractivity contribution is -0.137. The van der Waals surface area contributed by atoms with Crippen molar-refractivity contribution in [1.82, 2.24) is 5.32 Å². The van der Waals surface area contributed by atoms with Gasteiger partial charge in [-0.25, -0.2) is 0 Å². The summed E-state index contributed by atoms with van der Waals surface area (Å²) >= 11 is 0. The Morgan fingerprint density at radius 3 is 2.16 bits per heavy atom. The van der Waals surface area contributed by atoms with E-state index in [1.807, 2.05) is 0 Å². The van der Waals surface area contributed by atoms with E-state index in [-0.39, 0.29) is 11.5 Å². The van der Waals surface area contributed by atoms with E-state index in [1.54, 1.807) is 38.4 Å². The third kappa shape index (κ3) is 4.73. The molecule has 0 aliphatic heterocycles. The van der Waals surface area contributed by atoms with E-state index in [4.69, 9.17) is 4.74 Å². The molecular weight excluding hydrogens is 333 g/mol. The lowest BCUT2D eigenvalue weighted by atomic mass is 10.1. The van der Waals surface area contributed by atoms with Gasteiger partial charge >= 0.3 is 6.18 Å². The summed E-state index contributed by atoms with van der Waals surface area (Å²) in [6.07, 6.45) is -4.43. The van der Waals surface area contributed by atoms with Crippen LogP contribution in [0.1, 0.15) is 15.9 Å². The van der Waals surface area contributed by atoms with E-state index >= 15 is 0 Å². The number of halogens is 3. The molecule has 2 rings (SSSR count). The van der Waals surface area contributed by atoms with E-state index in [9.17, 15) is 18.0 Å². The fourth-order valence-corrected chi connectivity index (χ4v) is 2.29. The van der Waals surface area contributed by atoms with Gasteiger partial charge < -0.3 is 15.0 Å². The first-order chi connectivity index (χ1) is 11.9. The van der Waals surface area contributed by atoms with Gasteiger partial charge in [-0.1, -0.05) is 0 Å². The summed E-state index contributed by atoms with van der Waals surface area (Å²) in [5.41, 5.74) is 0.0520. The third-order valence-electron chi connectivity index (χ3n) is 3.67. The van der Waals surface area contributed by atoms with Crippen LogP contribution in [0.2, 0.25) is 0 Å². The summed E-state index contributed by atoms with van der Waals surface area (Å²) in [5, 5.41) is 2.96. The lowest BCUT2D eigenvalue weighted by Crippen LogP contribution is -2.36. The van der Waals surface area contributed by atoms with E-state index in [0.717, 1.165) is 12.1 Å². The molecular formula is C18H19F3N2O2. The van der Waals surface area contributed by atoms with Gasteiger partial charge in [-0.3, -0.25) is 4.79 Å². The van der Waals surface area contributed by atoms with E-state index in [2.05, 4.69) is 5.32 Å². The Labute approximate surface area is 144 Å². The van der Waals surface area contributed by atoms with Crippen LogP contribution in [0.5, 0.6) is 5.75 Å². The minimum absolute atomic E-state index is 0.194. The first-order valence-electron chi connectivity index (χ1n) is 7.64. The standard InChI is InChI=1S/C18H19F3N2O2/c1-22-11-12-23(15-7-9-16(25-2)10-8-15)17(24)13-3-5-14(6-4-13)18(19,20)21/h3-10,22H,11-12H2,1-2H3. The minimum atomic E-state index is -4.43. The molecule has 0 heterocycles. The highest BCUT2D eigenvalue weighted by atomic mass is 19.4. The number of nitrogens with zero attached hydrogens (tertiary/aromatic N) is 1. The van der Waals surface area contributed by atoms with E-state index in [1.165, 1.54) is 17.0 Å². The maximum atomic E-state index is 12.8. The van der Waals surface area contributed by atoms with Crippen molar-refractivity contribution < 1.29 is 22.7 Å². The molecule has 0 saturated carbocycles. The van der Waals surface area contributed by atoms with Crippen molar-refractivity contribution >= 4 is 11.6 Å². The number of hydrogen-bond donors (Lipinski definition) is 1. The summed E-state index contributed by atoms with van der Waals surface area (Å²) in [6, 6.07) is 11.1. The van der Waals surface area contributed by atoms with Crippen LogP contribution in [-0.4, -0.2) is 33.2 Å². The number of anilines is 1. The minimum Gasteiger partial charge on any atom is -0.497 e. The van der Waals surface area contributed by atoms with Crippen molar-refractivity contribution in [1.29, 1.82) is 0 Å². The smallest absolute Gasteiger partial charge is 0.416 e. The lowest BCUT2D eigenvalue weighted by Gasteiger charge is -2.23. The van der Waals surface area contributed by atoms with Crippen LogP contribution in [-0.2, 0) is 6.18 Å². The van der Waals surface area contributed by atoms with Gasteiger partial charge in [0, 0.05) is 24.3 Å². The molecule has 25 heavy (non-hydrogen) atoms. The molecule has 0 aliphatic rings. The van der Waals surface area contributed by atoms with Gasteiger partial charge in [-0.2, -0.15) is 13.2 Å². The van der Waals surface area contributed by atoms with Crippen LogP contribution < -0.4 is 15.0 Å². The highest BCUT2D eigenvalue weighted by Crippen LogP contribution is 2.29. The Balaban J connectivity index is 2.28. The fourth-order valence-electron chi connectivity index (χ4n) is 2.29. The largest absolute Gasteiger partial charge is 0.497 e. The van der Waals surface area contributed by atoms with E-state index < -0.39 is 11.7 Å². The average Bonchev–Trinajstić information content (AvgIpc) is 2.61. The molecule has 0 fully saturated rings.